The number of carbonyl (C=O) groups excluding carboxylic acids is 1. The van der Waals surface area contributed by atoms with E-state index in [4.69, 9.17) is 5.73 Å². The zero-order valence-corrected chi connectivity index (χ0v) is 13.0. The van der Waals surface area contributed by atoms with E-state index in [1.54, 1.807) is 0 Å². The summed E-state index contributed by atoms with van der Waals surface area (Å²) >= 11 is 0. The van der Waals surface area contributed by atoms with Crippen molar-refractivity contribution in [3.63, 3.8) is 0 Å². The van der Waals surface area contributed by atoms with Gasteiger partial charge < -0.3 is 5.73 Å². The Morgan fingerprint density at radius 2 is 1.68 bits per heavy atom. The van der Waals surface area contributed by atoms with Crippen molar-refractivity contribution in [1.82, 2.24) is 0 Å². The number of ketones is 1. The van der Waals surface area contributed by atoms with Gasteiger partial charge in [-0.1, -0.05) is 65.2 Å². The first-order chi connectivity index (χ1) is 9.11. The first kappa shape index (κ1) is 16.7. The number of carbonyl (C=O) groups is 1. The highest BCUT2D eigenvalue weighted by Gasteiger charge is 2.41. The maximum atomic E-state index is 12.3. The molecule has 0 heterocycles. The molecule has 0 radical (unpaired) electrons. The monoisotopic (exact) mass is 267 g/mol. The molecule has 1 aliphatic carbocycles. The second-order valence-corrected chi connectivity index (χ2v) is 6.56. The smallest absolute Gasteiger partial charge is 0.140 e. The van der Waals surface area contributed by atoms with Crippen LogP contribution in [-0.2, 0) is 4.79 Å². The Labute approximate surface area is 119 Å². The molecule has 0 aliphatic heterocycles. The highest BCUT2D eigenvalue weighted by atomic mass is 16.1. The Balaban J connectivity index is 2.04. The summed E-state index contributed by atoms with van der Waals surface area (Å²) in [6, 6.07) is 0.106. The number of hydrogen-bond acceptors (Lipinski definition) is 2. The highest BCUT2D eigenvalue weighted by Crippen LogP contribution is 2.38. The molecular weight excluding hydrogens is 234 g/mol. The fourth-order valence-electron chi connectivity index (χ4n) is 3.24. The van der Waals surface area contributed by atoms with E-state index in [0.717, 1.165) is 32.1 Å². The lowest BCUT2D eigenvalue weighted by molar-refractivity contribution is -0.128. The molecular formula is C17H33NO. The average Bonchev–Trinajstić information content (AvgIpc) is 2.74. The molecule has 1 fully saturated rings. The highest BCUT2D eigenvalue weighted by molar-refractivity contribution is 5.85. The van der Waals surface area contributed by atoms with Crippen LogP contribution in [0.15, 0.2) is 0 Å². The van der Waals surface area contributed by atoms with Gasteiger partial charge in [-0.05, 0) is 19.3 Å². The van der Waals surface area contributed by atoms with E-state index >= 15 is 0 Å². The molecule has 19 heavy (non-hydrogen) atoms. The normalized spacial score (nSPS) is 26.8. The molecule has 0 saturated heterocycles. The van der Waals surface area contributed by atoms with Crippen LogP contribution in [0.3, 0.4) is 0 Å². The molecule has 2 atom stereocenters. The van der Waals surface area contributed by atoms with Gasteiger partial charge in [-0.3, -0.25) is 4.79 Å². The van der Waals surface area contributed by atoms with Gasteiger partial charge in [-0.2, -0.15) is 0 Å². The van der Waals surface area contributed by atoms with Crippen molar-refractivity contribution in [2.24, 2.45) is 11.1 Å². The third-order valence-electron chi connectivity index (χ3n) is 4.92. The van der Waals surface area contributed by atoms with Crippen molar-refractivity contribution >= 4 is 5.78 Å². The van der Waals surface area contributed by atoms with Crippen LogP contribution >= 0.6 is 0 Å². The van der Waals surface area contributed by atoms with Crippen molar-refractivity contribution in [1.29, 1.82) is 0 Å². The van der Waals surface area contributed by atoms with Crippen molar-refractivity contribution < 1.29 is 4.79 Å². The van der Waals surface area contributed by atoms with Crippen molar-refractivity contribution in [3.8, 4) is 0 Å². The molecule has 1 saturated carbocycles. The van der Waals surface area contributed by atoms with Gasteiger partial charge >= 0.3 is 0 Å². The van der Waals surface area contributed by atoms with Crippen LogP contribution in [0.5, 0.6) is 0 Å². The Morgan fingerprint density at radius 3 is 2.21 bits per heavy atom. The van der Waals surface area contributed by atoms with Gasteiger partial charge in [0.1, 0.15) is 5.78 Å². The summed E-state index contributed by atoms with van der Waals surface area (Å²) in [4.78, 5) is 12.3. The van der Waals surface area contributed by atoms with Crippen LogP contribution in [0.2, 0.25) is 0 Å². The third-order valence-corrected chi connectivity index (χ3v) is 4.92. The Morgan fingerprint density at radius 1 is 1.11 bits per heavy atom. The topological polar surface area (TPSA) is 43.1 Å². The minimum absolute atomic E-state index is 0.106. The van der Waals surface area contributed by atoms with E-state index in [-0.39, 0.29) is 11.5 Å². The van der Waals surface area contributed by atoms with Crippen LogP contribution in [0.1, 0.15) is 90.9 Å². The van der Waals surface area contributed by atoms with Crippen LogP contribution in [-0.4, -0.2) is 11.8 Å². The van der Waals surface area contributed by atoms with Crippen molar-refractivity contribution in [2.75, 3.05) is 0 Å². The predicted octanol–water partition coefficient (Wildman–Crippen LogP) is 4.60. The first-order valence-corrected chi connectivity index (χ1v) is 8.40. The van der Waals surface area contributed by atoms with Crippen molar-refractivity contribution in [2.45, 2.75) is 96.9 Å². The molecule has 1 rings (SSSR count). The zero-order chi connectivity index (χ0) is 14.1. The average molecular weight is 267 g/mol. The van der Waals surface area contributed by atoms with Gasteiger partial charge in [0.15, 0.2) is 0 Å². The molecule has 2 N–H and O–H groups in total. The van der Waals surface area contributed by atoms with Gasteiger partial charge in [0.2, 0.25) is 0 Å². The Hall–Kier alpha value is -0.370. The lowest BCUT2D eigenvalue weighted by Crippen LogP contribution is -2.41. The molecule has 0 amide bonds. The van der Waals surface area contributed by atoms with E-state index in [1.165, 1.54) is 44.9 Å². The summed E-state index contributed by atoms with van der Waals surface area (Å²) in [6.07, 6.45) is 14.2. The number of rotatable bonds is 10. The SMILES string of the molecule is CCCCCCCCCCC(=O)C1(C)CCCC1N. The lowest BCUT2D eigenvalue weighted by atomic mass is 9.79. The Kier molecular flexibility index (Phi) is 7.67. The van der Waals surface area contributed by atoms with Crippen LogP contribution in [0.25, 0.3) is 0 Å². The second kappa shape index (κ2) is 8.73. The Bertz CT molecular complexity index is 264. The molecule has 2 unspecified atom stereocenters. The predicted molar refractivity (Wildman–Crippen MR) is 82.2 cm³/mol. The molecule has 0 spiro atoms. The lowest BCUT2D eigenvalue weighted by Gasteiger charge is -2.27. The molecule has 0 bridgehead atoms. The van der Waals surface area contributed by atoms with Gasteiger partial charge in [0.25, 0.3) is 0 Å². The maximum Gasteiger partial charge on any atom is 0.140 e. The van der Waals surface area contributed by atoms with E-state index in [1.807, 2.05) is 0 Å². The fraction of sp³-hybridized carbons (Fsp3) is 0.941. The fourth-order valence-corrected chi connectivity index (χ4v) is 3.24. The minimum atomic E-state index is -0.207. The number of nitrogens with two attached hydrogens (primary N) is 1. The van der Waals surface area contributed by atoms with Gasteiger partial charge in [0, 0.05) is 17.9 Å². The second-order valence-electron chi connectivity index (χ2n) is 6.56. The van der Waals surface area contributed by atoms with E-state index in [9.17, 15) is 4.79 Å². The van der Waals surface area contributed by atoms with Gasteiger partial charge in [-0.15, -0.1) is 0 Å². The summed E-state index contributed by atoms with van der Waals surface area (Å²) < 4.78 is 0. The molecule has 0 aromatic rings. The van der Waals surface area contributed by atoms with Crippen LogP contribution < -0.4 is 5.73 Å². The van der Waals surface area contributed by atoms with Gasteiger partial charge in [0.05, 0.1) is 0 Å². The van der Waals surface area contributed by atoms with E-state index in [2.05, 4.69) is 13.8 Å². The summed E-state index contributed by atoms with van der Waals surface area (Å²) in [5.74, 6) is 0.420. The molecule has 0 aromatic carbocycles. The minimum Gasteiger partial charge on any atom is -0.327 e. The summed E-state index contributed by atoms with van der Waals surface area (Å²) in [7, 11) is 0. The zero-order valence-electron chi connectivity index (χ0n) is 13.0. The molecule has 1 aliphatic rings. The molecule has 2 nitrogen and oxygen atoms in total. The maximum absolute atomic E-state index is 12.3. The molecule has 2 heteroatoms. The van der Waals surface area contributed by atoms with E-state index < -0.39 is 0 Å². The third kappa shape index (κ3) is 5.25. The van der Waals surface area contributed by atoms with Gasteiger partial charge in [-0.25, -0.2) is 0 Å². The molecule has 0 aromatic heterocycles. The number of hydrogen-bond donors (Lipinski definition) is 1. The number of unbranched alkanes of at least 4 members (excludes halogenated alkanes) is 7. The summed E-state index contributed by atoms with van der Waals surface area (Å²) in [5, 5.41) is 0. The summed E-state index contributed by atoms with van der Waals surface area (Å²) in [5.41, 5.74) is 5.88. The first-order valence-electron chi connectivity index (χ1n) is 8.40. The quantitative estimate of drug-likeness (QED) is 0.588. The standard InChI is InChI=1S/C17H33NO/c1-3-4-5-6-7-8-9-10-13-16(19)17(2)14-11-12-15(17)18/h15H,3-14,18H2,1-2H3. The molecule has 112 valence electrons. The number of Topliss-reactive ketones (excluding diaryl/α,β-unsaturated/α-hetero) is 1. The van der Waals surface area contributed by atoms with Crippen LogP contribution in [0.4, 0.5) is 0 Å². The largest absolute Gasteiger partial charge is 0.327 e. The van der Waals surface area contributed by atoms with Crippen LogP contribution in [0, 0.1) is 5.41 Å². The summed E-state index contributed by atoms with van der Waals surface area (Å²) in [6.45, 7) is 4.33. The van der Waals surface area contributed by atoms with E-state index in [0.29, 0.717) is 5.78 Å². The van der Waals surface area contributed by atoms with Crippen molar-refractivity contribution in [3.05, 3.63) is 0 Å².